The normalized spacial score (nSPS) is 14.3. The molecule has 0 fully saturated rings. The molecule has 1 aromatic rings. The zero-order valence-corrected chi connectivity index (χ0v) is 12.7. The fraction of sp³-hybridized carbons (Fsp3) is 0.600. The molecule has 1 aromatic carbocycles. The van der Waals surface area contributed by atoms with E-state index in [0.717, 1.165) is 17.1 Å². The van der Waals surface area contributed by atoms with Crippen LogP contribution in [-0.2, 0) is 4.74 Å². The molecule has 2 unspecified atom stereocenters. The summed E-state index contributed by atoms with van der Waals surface area (Å²) in [6.45, 7) is 4.28. The van der Waals surface area contributed by atoms with Gasteiger partial charge in [-0.3, -0.25) is 0 Å². The van der Waals surface area contributed by atoms with Crippen molar-refractivity contribution in [2.75, 3.05) is 28.4 Å². The van der Waals surface area contributed by atoms with E-state index in [4.69, 9.17) is 14.2 Å². The summed E-state index contributed by atoms with van der Waals surface area (Å²) in [6.07, 6.45) is 0.0372. The Morgan fingerprint density at radius 1 is 1.00 bits per heavy atom. The standard InChI is InChI=1S/C15H25NO3/c1-10(2)15(19-6)14(16-3)13-11(17-4)8-7-9-12(13)18-5/h7-10,14-16H,1-6H3. The lowest BCUT2D eigenvalue weighted by molar-refractivity contribution is 0.0335. The Balaban J connectivity index is 3.30. The second-order valence-corrected chi connectivity index (χ2v) is 4.79. The van der Waals surface area contributed by atoms with Gasteiger partial charge in [0.15, 0.2) is 0 Å². The molecule has 0 aliphatic rings. The van der Waals surface area contributed by atoms with Gasteiger partial charge >= 0.3 is 0 Å². The first-order valence-electron chi connectivity index (χ1n) is 6.51. The molecule has 0 heterocycles. The van der Waals surface area contributed by atoms with E-state index in [1.54, 1.807) is 21.3 Å². The molecule has 4 heteroatoms. The van der Waals surface area contributed by atoms with Crippen LogP contribution in [0.2, 0.25) is 0 Å². The molecule has 0 radical (unpaired) electrons. The minimum Gasteiger partial charge on any atom is -0.496 e. The maximum absolute atomic E-state index is 5.64. The lowest BCUT2D eigenvalue weighted by atomic mass is 9.92. The number of methoxy groups -OCH3 is 3. The van der Waals surface area contributed by atoms with E-state index >= 15 is 0 Å². The van der Waals surface area contributed by atoms with Gasteiger partial charge in [0, 0.05) is 7.11 Å². The molecule has 19 heavy (non-hydrogen) atoms. The first kappa shape index (κ1) is 15.8. The average molecular weight is 267 g/mol. The van der Waals surface area contributed by atoms with Crippen LogP contribution in [0.15, 0.2) is 18.2 Å². The number of benzene rings is 1. The predicted octanol–water partition coefficient (Wildman–Crippen LogP) is 2.64. The van der Waals surface area contributed by atoms with Crippen molar-refractivity contribution in [1.29, 1.82) is 0 Å². The zero-order chi connectivity index (χ0) is 14.4. The van der Waals surface area contributed by atoms with Crippen LogP contribution in [-0.4, -0.2) is 34.5 Å². The fourth-order valence-electron chi connectivity index (χ4n) is 2.45. The highest BCUT2D eigenvalue weighted by atomic mass is 16.5. The minimum atomic E-state index is 0.0103. The van der Waals surface area contributed by atoms with Crippen molar-refractivity contribution in [3.05, 3.63) is 23.8 Å². The first-order valence-corrected chi connectivity index (χ1v) is 6.51. The Morgan fingerprint density at radius 2 is 1.53 bits per heavy atom. The molecule has 0 saturated heterocycles. The Labute approximate surface area is 116 Å². The SMILES string of the molecule is CNC(c1c(OC)cccc1OC)C(OC)C(C)C. The van der Waals surface area contributed by atoms with E-state index in [1.165, 1.54) is 0 Å². The van der Waals surface area contributed by atoms with Crippen LogP contribution in [0.5, 0.6) is 11.5 Å². The summed E-state index contributed by atoms with van der Waals surface area (Å²) < 4.78 is 16.6. The summed E-state index contributed by atoms with van der Waals surface area (Å²) in [5.41, 5.74) is 0.996. The highest BCUT2D eigenvalue weighted by molar-refractivity contribution is 5.47. The second kappa shape index (κ2) is 7.36. The summed E-state index contributed by atoms with van der Waals surface area (Å²) in [7, 11) is 6.99. The number of likely N-dealkylation sites (N-methyl/N-ethyl adjacent to an activating group) is 1. The van der Waals surface area contributed by atoms with Crippen LogP contribution in [0.25, 0.3) is 0 Å². The summed E-state index contributed by atoms with van der Waals surface area (Å²) in [4.78, 5) is 0. The highest BCUT2D eigenvalue weighted by Gasteiger charge is 2.29. The molecule has 2 atom stereocenters. The molecular weight excluding hydrogens is 242 g/mol. The van der Waals surface area contributed by atoms with Crippen LogP contribution >= 0.6 is 0 Å². The van der Waals surface area contributed by atoms with Crippen LogP contribution in [0.3, 0.4) is 0 Å². The summed E-state index contributed by atoms with van der Waals surface area (Å²) in [5.74, 6) is 1.99. The lowest BCUT2D eigenvalue weighted by Crippen LogP contribution is -2.35. The first-order chi connectivity index (χ1) is 9.10. The van der Waals surface area contributed by atoms with Gasteiger partial charge in [-0.1, -0.05) is 19.9 Å². The van der Waals surface area contributed by atoms with E-state index in [0.29, 0.717) is 5.92 Å². The smallest absolute Gasteiger partial charge is 0.127 e. The van der Waals surface area contributed by atoms with Gasteiger partial charge in [0.2, 0.25) is 0 Å². The Kier molecular flexibility index (Phi) is 6.12. The minimum absolute atomic E-state index is 0.0103. The van der Waals surface area contributed by atoms with Crippen LogP contribution in [0.4, 0.5) is 0 Å². The maximum atomic E-state index is 5.64. The van der Waals surface area contributed by atoms with Gasteiger partial charge in [0.05, 0.1) is 31.9 Å². The van der Waals surface area contributed by atoms with Gasteiger partial charge in [-0.2, -0.15) is 0 Å². The molecule has 0 spiro atoms. The third kappa shape index (κ3) is 3.39. The number of ether oxygens (including phenoxy) is 3. The fourth-order valence-corrected chi connectivity index (χ4v) is 2.45. The summed E-state index contributed by atoms with van der Waals surface area (Å²) >= 11 is 0. The van der Waals surface area contributed by atoms with Crippen molar-refractivity contribution >= 4 is 0 Å². The Bertz CT molecular complexity index is 371. The zero-order valence-electron chi connectivity index (χ0n) is 12.7. The van der Waals surface area contributed by atoms with E-state index in [9.17, 15) is 0 Å². The molecular formula is C15H25NO3. The molecule has 0 bridgehead atoms. The van der Waals surface area contributed by atoms with Gasteiger partial charge in [-0.15, -0.1) is 0 Å². The second-order valence-electron chi connectivity index (χ2n) is 4.79. The van der Waals surface area contributed by atoms with Crippen molar-refractivity contribution < 1.29 is 14.2 Å². The number of nitrogens with one attached hydrogen (secondary N) is 1. The Hall–Kier alpha value is -1.26. The number of rotatable bonds is 7. The van der Waals surface area contributed by atoms with Crippen molar-refractivity contribution in [2.24, 2.45) is 5.92 Å². The maximum Gasteiger partial charge on any atom is 0.127 e. The van der Waals surface area contributed by atoms with E-state index < -0.39 is 0 Å². The molecule has 108 valence electrons. The third-order valence-corrected chi connectivity index (χ3v) is 3.35. The van der Waals surface area contributed by atoms with E-state index in [2.05, 4.69) is 19.2 Å². The van der Waals surface area contributed by atoms with Crippen LogP contribution < -0.4 is 14.8 Å². The molecule has 0 amide bonds. The van der Waals surface area contributed by atoms with Crippen molar-refractivity contribution in [3.8, 4) is 11.5 Å². The average Bonchev–Trinajstić information content (AvgIpc) is 2.43. The van der Waals surface area contributed by atoms with Gasteiger partial charge in [0.1, 0.15) is 11.5 Å². The van der Waals surface area contributed by atoms with Crippen LogP contribution in [0, 0.1) is 5.92 Å². The lowest BCUT2D eigenvalue weighted by Gasteiger charge is -2.31. The van der Waals surface area contributed by atoms with Crippen molar-refractivity contribution in [2.45, 2.75) is 26.0 Å². The Morgan fingerprint density at radius 3 is 1.84 bits per heavy atom. The van der Waals surface area contributed by atoms with Crippen LogP contribution in [0.1, 0.15) is 25.5 Å². The monoisotopic (exact) mass is 267 g/mol. The van der Waals surface area contributed by atoms with Gasteiger partial charge in [-0.25, -0.2) is 0 Å². The van der Waals surface area contributed by atoms with E-state index in [1.807, 2.05) is 25.2 Å². The molecule has 0 aliphatic heterocycles. The highest BCUT2D eigenvalue weighted by Crippen LogP contribution is 2.37. The number of hydrogen-bond donors (Lipinski definition) is 1. The number of hydrogen-bond acceptors (Lipinski definition) is 4. The molecule has 0 saturated carbocycles. The van der Waals surface area contributed by atoms with Gasteiger partial charge in [-0.05, 0) is 25.1 Å². The van der Waals surface area contributed by atoms with Gasteiger partial charge in [0.25, 0.3) is 0 Å². The van der Waals surface area contributed by atoms with Crippen molar-refractivity contribution in [3.63, 3.8) is 0 Å². The van der Waals surface area contributed by atoms with Gasteiger partial charge < -0.3 is 19.5 Å². The summed E-state index contributed by atoms with van der Waals surface area (Å²) in [5, 5.41) is 3.32. The largest absolute Gasteiger partial charge is 0.496 e. The topological polar surface area (TPSA) is 39.7 Å². The predicted molar refractivity (Wildman–Crippen MR) is 77.0 cm³/mol. The quantitative estimate of drug-likeness (QED) is 0.824. The molecule has 0 aromatic heterocycles. The summed E-state index contributed by atoms with van der Waals surface area (Å²) in [6, 6.07) is 5.81. The molecule has 4 nitrogen and oxygen atoms in total. The molecule has 1 N–H and O–H groups in total. The van der Waals surface area contributed by atoms with Crippen molar-refractivity contribution in [1.82, 2.24) is 5.32 Å². The third-order valence-electron chi connectivity index (χ3n) is 3.35. The van der Waals surface area contributed by atoms with E-state index in [-0.39, 0.29) is 12.1 Å². The molecule has 0 aliphatic carbocycles. The molecule has 1 rings (SSSR count).